The fraction of sp³-hybridized carbons (Fsp3) is 0.167. The van der Waals surface area contributed by atoms with E-state index in [9.17, 15) is 0 Å². The van der Waals surface area contributed by atoms with Crippen LogP contribution in [-0.4, -0.2) is 9.55 Å². The van der Waals surface area contributed by atoms with Crippen molar-refractivity contribution in [2.45, 2.75) is 20.4 Å². The molecule has 0 spiro atoms. The molecule has 0 aliphatic carbocycles. The Morgan fingerprint density at radius 1 is 1.05 bits per heavy atom. The van der Waals surface area contributed by atoms with Gasteiger partial charge in [-0.15, -0.1) is 0 Å². The first kappa shape index (κ1) is 14.3. The zero-order chi connectivity index (χ0) is 14.8. The summed E-state index contributed by atoms with van der Waals surface area (Å²) in [7, 11) is 0. The predicted molar refractivity (Wildman–Crippen MR) is 95.4 cm³/mol. The Kier molecular flexibility index (Phi) is 4.10. The van der Waals surface area contributed by atoms with E-state index in [0.29, 0.717) is 0 Å². The van der Waals surface area contributed by atoms with Crippen molar-refractivity contribution < 1.29 is 0 Å². The number of aromatic nitrogens is 2. The molecule has 1 heterocycles. The van der Waals surface area contributed by atoms with Crippen molar-refractivity contribution in [3.63, 3.8) is 0 Å². The molecule has 0 saturated carbocycles. The quantitative estimate of drug-likeness (QED) is 0.589. The van der Waals surface area contributed by atoms with E-state index in [1.54, 1.807) is 0 Å². The molecule has 3 heteroatoms. The molecule has 0 fully saturated rings. The maximum Gasteiger partial charge on any atom is 0.140 e. The Morgan fingerprint density at radius 3 is 2.57 bits per heavy atom. The first-order chi connectivity index (χ1) is 10.1. The van der Waals surface area contributed by atoms with Gasteiger partial charge in [-0.05, 0) is 59.7 Å². The van der Waals surface area contributed by atoms with Crippen LogP contribution in [0.3, 0.4) is 0 Å². The average molecular weight is 388 g/mol. The first-order valence-electron chi connectivity index (χ1n) is 6.97. The molecule has 3 aromatic rings. The summed E-state index contributed by atoms with van der Waals surface area (Å²) in [4.78, 5) is 4.52. The highest BCUT2D eigenvalue weighted by atomic mass is 127. The first-order valence-corrected chi connectivity index (χ1v) is 8.04. The highest BCUT2D eigenvalue weighted by Gasteiger charge is 2.08. The number of aryl methyl sites for hydroxylation is 2. The van der Waals surface area contributed by atoms with Gasteiger partial charge in [0.15, 0.2) is 0 Å². The van der Waals surface area contributed by atoms with Gasteiger partial charge in [0.25, 0.3) is 0 Å². The molecule has 0 aliphatic rings. The van der Waals surface area contributed by atoms with Gasteiger partial charge in [0.1, 0.15) is 5.82 Å². The summed E-state index contributed by atoms with van der Waals surface area (Å²) in [5, 5.41) is 0. The highest BCUT2D eigenvalue weighted by Crippen LogP contribution is 2.21. The molecule has 0 N–H and O–H groups in total. The molecular weight excluding hydrogens is 371 g/mol. The van der Waals surface area contributed by atoms with E-state index < -0.39 is 0 Å². The van der Waals surface area contributed by atoms with Crippen LogP contribution in [0.15, 0.2) is 54.9 Å². The second-order valence-electron chi connectivity index (χ2n) is 5.32. The summed E-state index contributed by atoms with van der Waals surface area (Å²) in [6.07, 6.45) is 3.92. The lowest BCUT2D eigenvalue weighted by Crippen LogP contribution is -2.03. The Hall–Kier alpha value is -1.62. The molecule has 1 aromatic heterocycles. The molecule has 0 aliphatic heterocycles. The SMILES string of the molecule is Cc1ccc(C)c(Cn2ccnc2-c2ccc(I)cc2)c1. The summed E-state index contributed by atoms with van der Waals surface area (Å²) in [6.45, 7) is 5.15. The van der Waals surface area contributed by atoms with Crippen LogP contribution in [0.5, 0.6) is 0 Å². The minimum atomic E-state index is 0.856. The highest BCUT2D eigenvalue weighted by molar-refractivity contribution is 14.1. The molecular formula is C18H17IN2. The van der Waals surface area contributed by atoms with Crippen LogP contribution in [0.2, 0.25) is 0 Å². The second-order valence-corrected chi connectivity index (χ2v) is 6.56. The Balaban J connectivity index is 1.96. The summed E-state index contributed by atoms with van der Waals surface area (Å²) in [5.74, 6) is 1.02. The van der Waals surface area contributed by atoms with Crippen molar-refractivity contribution in [3.8, 4) is 11.4 Å². The van der Waals surface area contributed by atoms with Crippen molar-refractivity contribution in [1.82, 2.24) is 9.55 Å². The lowest BCUT2D eigenvalue weighted by Gasteiger charge is -2.11. The van der Waals surface area contributed by atoms with Crippen molar-refractivity contribution in [2.75, 3.05) is 0 Å². The minimum absolute atomic E-state index is 0.856. The minimum Gasteiger partial charge on any atom is -0.327 e. The molecule has 2 nitrogen and oxygen atoms in total. The molecule has 0 amide bonds. The van der Waals surface area contributed by atoms with E-state index in [1.807, 2.05) is 6.20 Å². The van der Waals surface area contributed by atoms with Crippen LogP contribution >= 0.6 is 22.6 Å². The normalized spacial score (nSPS) is 10.8. The topological polar surface area (TPSA) is 17.8 Å². The maximum atomic E-state index is 4.52. The summed E-state index contributed by atoms with van der Waals surface area (Å²) in [6, 6.07) is 15.1. The summed E-state index contributed by atoms with van der Waals surface area (Å²) < 4.78 is 3.45. The van der Waals surface area contributed by atoms with E-state index >= 15 is 0 Å². The van der Waals surface area contributed by atoms with Crippen LogP contribution in [0.25, 0.3) is 11.4 Å². The van der Waals surface area contributed by atoms with Gasteiger partial charge >= 0.3 is 0 Å². The molecule has 21 heavy (non-hydrogen) atoms. The second kappa shape index (κ2) is 6.02. The van der Waals surface area contributed by atoms with Crippen molar-refractivity contribution in [1.29, 1.82) is 0 Å². The van der Waals surface area contributed by atoms with Gasteiger partial charge in [-0.1, -0.05) is 35.9 Å². The number of imidazole rings is 1. The molecule has 2 aromatic carbocycles. The van der Waals surface area contributed by atoms with Crippen LogP contribution in [-0.2, 0) is 6.54 Å². The van der Waals surface area contributed by atoms with E-state index in [-0.39, 0.29) is 0 Å². The molecule has 106 valence electrons. The Labute approximate surface area is 139 Å². The fourth-order valence-corrected chi connectivity index (χ4v) is 2.81. The Bertz CT molecular complexity index is 757. The predicted octanol–water partition coefficient (Wildman–Crippen LogP) is 4.82. The lowest BCUT2D eigenvalue weighted by molar-refractivity contribution is 0.800. The van der Waals surface area contributed by atoms with Crippen LogP contribution in [0, 0.1) is 17.4 Å². The molecule has 0 bridgehead atoms. The number of rotatable bonds is 3. The van der Waals surface area contributed by atoms with E-state index in [0.717, 1.165) is 17.9 Å². The number of benzene rings is 2. The van der Waals surface area contributed by atoms with Gasteiger partial charge in [0, 0.05) is 28.1 Å². The van der Waals surface area contributed by atoms with Gasteiger partial charge in [0.2, 0.25) is 0 Å². The van der Waals surface area contributed by atoms with Gasteiger partial charge in [-0.25, -0.2) is 4.98 Å². The Morgan fingerprint density at radius 2 is 1.81 bits per heavy atom. The van der Waals surface area contributed by atoms with Crippen molar-refractivity contribution >= 4 is 22.6 Å². The zero-order valence-electron chi connectivity index (χ0n) is 12.2. The molecule has 0 radical (unpaired) electrons. The average Bonchev–Trinajstić information content (AvgIpc) is 2.92. The third kappa shape index (κ3) is 3.18. The third-order valence-corrected chi connectivity index (χ3v) is 4.38. The number of nitrogens with zero attached hydrogens (tertiary/aromatic N) is 2. The third-order valence-electron chi connectivity index (χ3n) is 3.66. The standard InChI is InChI=1S/C18H17IN2/c1-13-3-4-14(2)16(11-13)12-21-10-9-20-18(21)15-5-7-17(19)8-6-15/h3-11H,12H2,1-2H3. The smallest absolute Gasteiger partial charge is 0.140 e. The zero-order valence-corrected chi connectivity index (χ0v) is 14.3. The van der Waals surface area contributed by atoms with Crippen molar-refractivity contribution in [3.05, 3.63) is 75.1 Å². The number of hydrogen-bond acceptors (Lipinski definition) is 1. The maximum absolute atomic E-state index is 4.52. The van der Waals surface area contributed by atoms with Crippen LogP contribution in [0.4, 0.5) is 0 Å². The van der Waals surface area contributed by atoms with Gasteiger partial charge < -0.3 is 4.57 Å². The monoisotopic (exact) mass is 388 g/mol. The molecule has 0 unspecified atom stereocenters. The fourth-order valence-electron chi connectivity index (χ4n) is 2.45. The largest absolute Gasteiger partial charge is 0.327 e. The number of halogens is 1. The van der Waals surface area contributed by atoms with Gasteiger partial charge in [-0.2, -0.15) is 0 Å². The van der Waals surface area contributed by atoms with Crippen molar-refractivity contribution in [2.24, 2.45) is 0 Å². The van der Waals surface area contributed by atoms with E-state index in [4.69, 9.17) is 0 Å². The van der Waals surface area contributed by atoms with Crippen LogP contribution in [0.1, 0.15) is 16.7 Å². The molecule has 0 atom stereocenters. The van der Waals surface area contributed by atoms with Gasteiger partial charge in [-0.3, -0.25) is 0 Å². The number of hydrogen-bond donors (Lipinski definition) is 0. The van der Waals surface area contributed by atoms with E-state index in [2.05, 4.69) is 94.7 Å². The molecule has 3 rings (SSSR count). The van der Waals surface area contributed by atoms with Crippen LogP contribution < -0.4 is 0 Å². The lowest BCUT2D eigenvalue weighted by atomic mass is 10.1. The molecule has 0 saturated heterocycles. The van der Waals surface area contributed by atoms with Gasteiger partial charge in [0.05, 0.1) is 0 Å². The van der Waals surface area contributed by atoms with E-state index in [1.165, 1.54) is 20.3 Å². The summed E-state index contributed by atoms with van der Waals surface area (Å²) >= 11 is 2.32. The summed E-state index contributed by atoms with van der Waals surface area (Å²) in [5.41, 5.74) is 5.12.